The van der Waals surface area contributed by atoms with Gasteiger partial charge < -0.3 is 14.9 Å². The minimum atomic E-state index is -1.15. The molecule has 0 fully saturated rings. The number of halogens is 1. The molecule has 0 heterocycles. The second kappa shape index (κ2) is 7.55. The Morgan fingerprint density at radius 1 is 1.24 bits per heavy atom. The van der Waals surface area contributed by atoms with Crippen LogP contribution >= 0.6 is 0 Å². The number of carboxylic acids is 1. The van der Waals surface area contributed by atoms with Gasteiger partial charge in [-0.2, -0.15) is 0 Å². The topological polar surface area (TPSA) is 66.8 Å². The molecule has 2 aromatic carbocycles. The van der Waals surface area contributed by atoms with Gasteiger partial charge in [0.25, 0.3) is 0 Å². The summed E-state index contributed by atoms with van der Waals surface area (Å²) in [5.41, 5.74) is 3.94. The average Bonchev–Trinajstić information content (AvgIpc) is 2.54. The van der Waals surface area contributed by atoms with Gasteiger partial charge in [0.05, 0.1) is 0 Å². The summed E-state index contributed by atoms with van der Waals surface area (Å²) in [4.78, 5) is 10.6. The van der Waals surface area contributed by atoms with Crippen LogP contribution in [0.3, 0.4) is 0 Å². The molecule has 0 saturated carbocycles. The van der Waals surface area contributed by atoms with Gasteiger partial charge in [-0.05, 0) is 66.1 Å². The summed E-state index contributed by atoms with van der Waals surface area (Å²) < 4.78 is 19.5. The number of benzene rings is 2. The standard InChI is InChI=1S/C20H23FO4/c1-11(2)15-8-14(5-6-17(15)22)9-16-12(3)7-18(20(21)13(16)4)25-10-19(23)24/h5-8,11,22H,9-10H2,1-4H3,(H,23,24). The summed E-state index contributed by atoms with van der Waals surface area (Å²) in [5.74, 6) is -1.29. The highest BCUT2D eigenvalue weighted by atomic mass is 19.1. The number of phenols is 1. The molecule has 2 aromatic rings. The van der Waals surface area contributed by atoms with Crippen molar-refractivity contribution in [2.24, 2.45) is 0 Å². The van der Waals surface area contributed by atoms with Crippen LogP contribution in [-0.4, -0.2) is 22.8 Å². The average molecular weight is 346 g/mol. The molecular formula is C20H23FO4. The number of rotatable bonds is 6. The van der Waals surface area contributed by atoms with Gasteiger partial charge in [0.15, 0.2) is 18.2 Å². The Balaban J connectivity index is 2.36. The lowest BCUT2D eigenvalue weighted by Crippen LogP contribution is -2.11. The fourth-order valence-corrected chi connectivity index (χ4v) is 2.86. The van der Waals surface area contributed by atoms with Crippen molar-refractivity contribution < 1.29 is 24.1 Å². The molecule has 0 saturated heterocycles. The molecule has 0 radical (unpaired) electrons. The Labute approximate surface area is 146 Å². The zero-order valence-electron chi connectivity index (χ0n) is 14.9. The lowest BCUT2D eigenvalue weighted by molar-refractivity contribution is -0.139. The minimum Gasteiger partial charge on any atom is -0.508 e. The highest BCUT2D eigenvalue weighted by molar-refractivity contribution is 5.68. The summed E-state index contributed by atoms with van der Waals surface area (Å²) in [6.45, 7) is 6.94. The molecule has 0 aromatic heterocycles. The Hall–Kier alpha value is -2.56. The van der Waals surface area contributed by atoms with E-state index < -0.39 is 18.4 Å². The predicted octanol–water partition coefficient (Wildman–Crippen LogP) is 4.33. The third-order valence-corrected chi connectivity index (χ3v) is 4.27. The SMILES string of the molecule is Cc1cc(OCC(=O)O)c(F)c(C)c1Cc1ccc(O)c(C(C)C)c1. The highest BCUT2D eigenvalue weighted by Gasteiger charge is 2.16. The van der Waals surface area contributed by atoms with Gasteiger partial charge in [0, 0.05) is 0 Å². The van der Waals surface area contributed by atoms with Gasteiger partial charge in [0.2, 0.25) is 0 Å². The maximum atomic E-state index is 14.5. The Bertz CT molecular complexity index is 797. The van der Waals surface area contributed by atoms with Crippen LogP contribution in [-0.2, 0) is 11.2 Å². The van der Waals surface area contributed by atoms with Crippen LogP contribution in [0.5, 0.6) is 11.5 Å². The maximum Gasteiger partial charge on any atom is 0.341 e. The molecule has 0 unspecified atom stereocenters. The van der Waals surface area contributed by atoms with Crippen molar-refractivity contribution in [3.05, 3.63) is 57.9 Å². The quantitative estimate of drug-likeness (QED) is 0.817. The summed E-state index contributed by atoms with van der Waals surface area (Å²) in [6.07, 6.45) is 0.522. The van der Waals surface area contributed by atoms with Crippen LogP contribution in [0.25, 0.3) is 0 Å². The van der Waals surface area contributed by atoms with Gasteiger partial charge >= 0.3 is 5.97 Å². The van der Waals surface area contributed by atoms with Crippen molar-refractivity contribution in [1.29, 1.82) is 0 Å². The molecule has 25 heavy (non-hydrogen) atoms. The fraction of sp³-hybridized carbons (Fsp3) is 0.350. The molecule has 4 nitrogen and oxygen atoms in total. The first-order chi connectivity index (χ1) is 11.7. The van der Waals surface area contributed by atoms with E-state index in [0.29, 0.717) is 12.0 Å². The molecule has 2 N–H and O–H groups in total. The number of carboxylic acid groups (broad SMARTS) is 1. The van der Waals surface area contributed by atoms with Gasteiger partial charge in [-0.1, -0.05) is 26.0 Å². The molecule has 2 rings (SSSR count). The third kappa shape index (κ3) is 4.29. The van der Waals surface area contributed by atoms with E-state index in [1.54, 1.807) is 13.0 Å². The molecule has 5 heteroatoms. The van der Waals surface area contributed by atoms with Crippen molar-refractivity contribution in [2.45, 2.75) is 40.0 Å². The van der Waals surface area contributed by atoms with Crippen LogP contribution < -0.4 is 4.74 Å². The molecule has 134 valence electrons. The number of aromatic hydroxyl groups is 1. The number of aryl methyl sites for hydroxylation is 1. The zero-order valence-corrected chi connectivity index (χ0v) is 14.9. The van der Waals surface area contributed by atoms with E-state index in [2.05, 4.69) is 0 Å². The Morgan fingerprint density at radius 3 is 2.52 bits per heavy atom. The van der Waals surface area contributed by atoms with Crippen molar-refractivity contribution >= 4 is 5.97 Å². The van der Waals surface area contributed by atoms with E-state index in [1.165, 1.54) is 6.07 Å². The van der Waals surface area contributed by atoms with Crippen molar-refractivity contribution in [1.82, 2.24) is 0 Å². The van der Waals surface area contributed by atoms with Crippen molar-refractivity contribution in [2.75, 3.05) is 6.61 Å². The second-order valence-electron chi connectivity index (χ2n) is 6.52. The van der Waals surface area contributed by atoms with E-state index >= 15 is 0 Å². The van der Waals surface area contributed by atoms with Gasteiger partial charge in [-0.25, -0.2) is 9.18 Å². The zero-order chi connectivity index (χ0) is 18.7. The number of phenolic OH excluding ortho intramolecular Hbond substituents is 1. The normalized spacial score (nSPS) is 11.0. The lowest BCUT2D eigenvalue weighted by Gasteiger charge is -2.16. The Kier molecular flexibility index (Phi) is 5.67. The van der Waals surface area contributed by atoms with Gasteiger partial charge in [-0.3, -0.25) is 0 Å². The molecule has 0 bridgehead atoms. The predicted molar refractivity (Wildman–Crippen MR) is 94.0 cm³/mol. The third-order valence-electron chi connectivity index (χ3n) is 4.27. The summed E-state index contributed by atoms with van der Waals surface area (Å²) >= 11 is 0. The number of hydrogen-bond acceptors (Lipinski definition) is 3. The maximum absolute atomic E-state index is 14.5. The first-order valence-corrected chi connectivity index (χ1v) is 8.15. The number of hydrogen-bond donors (Lipinski definition) is 2. The largest absolute Gasteiger partial charge is 0.508 e. The van der Waals surface area contributed by atoms with E-state index in [1.807, 2.05) is 32.9 Å². The molecular weight excluding hydrogens is 323 g/mol. The molecule has 0 aliphatic rings. The first-order valence-electron chi connectivity index (χ1n) is 8.15. The number of ether oxygens (including phenoxy) is 1. The minimum absolute atomic E-state index is 0.0466. The molecule has 0 spiro atoms. The van der Waals surface area contributed by atoms with Gasteiger partial charge in [-0.15, -0.1) is 0 Å². The second-order valence-corrected chi connectivity index (χ2v) is 6.52. The highest BCUT2D eigenvalue weighted by Crippen LogP contribution is 2.31. The lowest BCUT2D eigenvalue weighted by atomic mass is 9.92. The monoisotopic (exact) mass is 346 g/mol. The van der Waals surface area contributed by atoms with E-state index in [4.69, 9.17) is 9.84 Å². The van der Waals surface area contributed by atoms with Crippen LogP contribution in [0.4, 0.5) is 4.39 Å². The smallest absolute Gasteiger partial charge is 0.341 e. The first kappa shape index (κ1) is 18.8. The summed E-state index contributed by atoms with van der Waals surface area (Å²) in [6, 6.07) is 6.96. The molecule has 0 atom stereocenters. The van der Waals surface area contributed by atoms with Crippen LogP contribution in [0.2, 0.25) is 0 Å². The molecule has 0 aliphatic heterocycles. The fourth-order valence-electron chi connectivity index (χ4n) is 2.86. The summed E-state index contributed by atoms with van der Waals surface area (Å²) in [5, 5.41) is 18.6. The van der Waals surface area contributed by atoms with Crippen molar-refractivity contribution in [3.63, 3.8) is 0 Å². The van der Waals surface area contributed by atoms with Crippen LogP contribution in [0.1, 0.15) is 47.6 Å². The van der Waals surface area contributed by atoms with E-state index in [9.17, 15) is 14.3 Å². The number of carbonyl (C=O) groups is 1. The molecule has 0 amide bonds. The summed E-state index contributed by atoms with van der Waals surface area (Å²) in [7, 11) is 0. The van der Waals surface area contributed by atoms with Crippen LogP contribution in [0, 0.1) is 19.7 Å². The van der Waals surface area contributed by atoms with Gasteiger partial charge in [0.1, 0.15) is 5.75 Å². The van der Waals surface area contributed by atoms with Crippen molar-refractivity contribution in [3.8, 4) is 11.5 Å². The van der Waals surface area contributed by atoms with E-state index in [-0.39, 0.29) is 17.4 Å². The van der Waals surface area contributed by atoms with Crippen LogP contribution in [0.15, 0.2) is 24.3 Å². The number of aliphatic carboxylic acids is 1. The Morgan fingerprint density at radius 2 is 1.92 bits per heavy atom. The van der Waals surface area contributed by atoms with E-state index in [0.717, 1.165) is 22.3 Å². The molecule has 0 aliphatic carbocycles.